The first-order chi connectivity index (χ1) is 10.6. The van der Waals surface area contributed by atoms with Gasteiger partial charge in [-0.1, -0.05) is 55.0 Å². The molecule has 0 unspecified atom stereocenters. The van der Waals surface area contributed by atoms with Crippen LogP contribution in [0.5, 0.6) is 5.75 Å². The molecule has 0 saturated heterocycles. The normalized spacial score (nSPS) is 13.2. The van der Waals surface area contributed by atoms with E-state index in [1.54, 1.807) is 6.92 Å². The second-order valence-electron chi connectivity index (χ2n) is 5.45. The first kappa shape index (κ1) is 16.1. The van der Waals surface area contributed by atoms with Crippen molar-refractivity contribution in [2.24, 2.45) is 0 Å². The molecule has 2 rings (SSSR count). The Labute approximate surface area is 132 Å². The van der Waals surface area contributed by atoms with Gasteiger partial charge in [0.1, 0.15) is 5.75 Å². The monoisotopic (exact) mass is 297 g/mol. The van der Waals surface area contributed by atoms with Crippen molar-refractivity contribution in [2.45, 2.75) is 39.3 Å². The van der Waals surface area contributed by atoms with Crippen LogP contribution in [0.2, 0.25) is 0 Å². The lowest BCUT2D eigenvalue weighted by atomic mass is 10.0. The maximum absolute atomic E-state index is 12.3. The lowest BCUT2D eigenvalue weighted by molar-refractivity contribution is -0.128. The van der Waals surface area contributed by atoms with Gasteiger partial charge in [0, 0.05) is 0 Å². The lowest BCUT2D eigenvalue weighted by Gasteiger charge is -2.21. The second kappa shape index (κ2) is 7.64. The van der Waals surface area contributed by atoms with E-state index in [0.717, 1.165) is 12.0 Å². The highest BCUT2D eigenvalue weighted by atomic mass is 16.5. The van der Waals surface area contributed by atoms with Crippen LogP contribution in [-0.2, 0) is 4.79 Å². The molecule has 3 heteroatoms. The molecule has 0 bridgehead atoms. The predicted molar refractivity (Wildman–Crippen MR) is 88.9 cm³/mol. The summed E-state index contributed by atoms with van der Waals surface area (Å²) in [6.07, 6.45) is 0.313. The number of amides is 1. The van der Waals surface area contributed by atoms with Crippen LogP contribution in [0.4, 0.5) is 0 Å². The van der Waals surface area contributed by atoms with E-state index in [1.165, 1.54) is 5.56 Å². The van der Waals surface area contributed by atoms with E-state index in [4.69, 9.17) is 4.74 Å². The van der Waals surface area contributed by atoms with Gasteiger partial charge >= 0.3 is 0 Å². The predicted octanol–water partition coefficient (Wildman–Crippen LogP) is 4.03. The molecule has 0 aliphatic carbocycles. The van der Waals surface area contributed by atoms with Crippen LogP contribution in [0.15, 0.2) is 54.6 Å². The molecule has 0 radical (unpaired) electrons. The topological polar surface area (TPSA) is 38.3 Å². The zero-order chi connectivity index (χ0) is 15.9. The molecule has 0 aromatic heterocycles. The third-order valence-corrected chi connectivity index (χ3v) is 3.63. The van der Waals surface area contributed by atoms with Crippen molar-refractivity contribution in [1.82, 2.24) is 5.32 Å². The van der Waals surface area contributed by atoms with E-state index in [0.29, 0.717) is 5.75 Å². The summed E-state index contributed by atoms with van der Waals surface area (Å²) < 4.78 is 5.70. The summed E-state index contributed by atoms with van der Waals surface area (Å²) >= 11 is 0. The van der Waals surface area contributed by atoms with Crippen molar-refractivity contribution in [3.05, 3.63) is 65.7 Å². The van der Waals surface area contributed by atoms with Crippen molar-refractivity contribution < 1.29 is 9.53 Å². The van der Waals surface area contributed by atoms with E-state index >= 15 is 0 Å². The maximum Gasteiger partial charge on any atom is 0.261 e. The zero-order valence-corrected chi connectivity index (χ0v) is 13.4. The molecule has 2 aromatic carbocycles. The molecule has 3 nitrogen and oxygen atoms in total. The van der Waals surface area contributed by atoms with Crippen LogP contribution >= 0.6 is 0 Å². The van der Waals surface area contributed by atoms with Crippen LogP contribution in [-0.4, -0.2) is 12.0 Å². The Bertz CT molecular complexity index is 593. The molecular formula is C19H23NO2. The summed E-state index contributed by atoms with van der Waals surface area (Å²) in [6.45, 7) is 5.85. The van der Waals surface area contributed by atoms with Gasteiger partial charge in [0.15, 0.2) is 6.10 Å². The minimum Gasteiger partial charge on any atom is -0.481 e. The molecule has 1 amide bonds. The Morgan fingerprint density at radius 2 is 1.73 bits per heavy atom. The summed E-state index contributed by atoms with van der Waals surface area (Å²) in [7, 11) is 0. The van der Waals surface area contributed by atoms with E-state index in [-0.39, 0.29) is 11.9 Å². The smallest absolute Gasteiger partial charge is 0.261 e. The fourth-order valence-corrected chi connectivity index (χ4v) is 2.27. The third kappa shape index (κ3) is 4.35. The van der Waals surface area contributed by atoms with Crippen LogP contribution in [0.3, 0.4) is 0 Å². The SMILES string of the molecule is CC[C@H](NC(=O)[C@@H](C)Oc1ccc(C)cc1)c1ccccc1. The van der Waals surface area contributed by atoms with E-state index in [1.807, 2.05) is 61.5 Å². The number of hydrogen-bond donors (Lipinski definition) is 1. The second-order valence-corrected chi connectivity index (χ2v) is 5.45. The van der Waals surface area contributed by atoms with Gasteiger partial charge in [-0.2, -0.15) is 0 Å². The van der Waals surface area contributed by atoms with Gasteiger partial charge in [-0.05, 0) is 38.0 Å². The van der Waals surface area contributed by atoms with Gasteiger partial charge in [-0.25, -0.2) is 0 Å². The Balaban J connectivity index is 1.96. The molecule has 22 heavy (non-hydrogen) atoms. The highest BCUT2D eigenvalue weighted by Crippen LogP contribution is 2.17. The number of benzene rings is 2. The first-order valence-corrected chi connectivity index (χ1v) is 7.68. The van der Waals surface area contributed by atoms with Gasteiger partial charge < -0.3 is 10.1 Å². The van der Waals surface area contributed by atoms with Crippen LogP contribution < -0.4 is 10.1 Å². The molecule has 0 aliphatic heterocycles. The van der Waals surface area contributed by atoms with Gasteiger partial charge in [-0.3, -0.25) is 4.79 Å². The van der Waals surface area contributed by atoms with Gasteiger partial charge in [-0.15, -0.1) is 0 Å². The summed E-state index contributed by atoms with van der Waals surface area (Å²) in [6, 6.07) is 17.7. The van der Waals surface area contributed by atoms with E-state index in [2.05, 4.69) is 12.2 Å². The van der Waals surface area contributed by atoms with Gasteiger partial charge in [0.25, 0.3) is 5.91 Å². The standard InChI is InChI=1S/C19H23NO2/c1-4-18(16-8-6-5-7-9-16)20-19(21)15(3)22-17-12-10-14(2)11-13-17/h5-13,15,18H,4H2,1-3H3,(H,20,21)/t15-,18+/m1/s1. The summed E-state index contributed by atoms with van der Waals surface area (Å²) in [5.41, 5.74) is 2.28. The minimum atomic E-state index is -0.527. The lowest BCUT2D eigenvalue weighted by Crippen LogP contribution is -2.38. The molecule has 0 heterocycles. The number of carbonyl (C=O) groups is 1. The first-order valence-electron chi connectivity index (χ1n) is 7.68. The molecule has 0 spiro atoms. The Kier molecular flexibility index (Phi) is 5.59. The summed E-state index contributed by atoms with van der Waals surface area (Å²) in [5, 5.41) is 3.05. The van der Waals surface area contributed by atoms with E-state index < -0.39 is 6.10 Å². The molecule has 2 aromatic rings. The van der Waals surface area contributed by atoms with Gasteiger partial charge in [0.2, 0.25) is 0 Å². The average Bonchev–Trinajstić information content (AvgIpc) is 2.55. The number of carbonyl (C=O) groups excluding carboxylic acids is 1. The largest absolute Gasteiger partial charge is 0.481 e. The molecule has 0 aliphatic rings. The van der Waals surface area contributed by atoms with Crippen molar-refractivity contribution in [2.75, 3.05) is 0 Å². The van der Waals surface area contributed by atoms with Crippen molar-refractivity contribution >= 4 is 5.91 Å². The molecular weight excluding hydrogens is 274 g/mol. The zero-order valence-electron chi connectivity index (χ0n) is 13.4. The fourth-order valence-electron chi connectivity index (χ4n) is 2.27. The Hall–Kier alpha value is -2.29. The fraction of sp³-hybridized carbons (Fsp3) is 0.316. The Morgan fingerprint density at radius 3 is 2.32 bits per heavy atom. The van der Waals surface area contributed by atoms with Crippen LogP contribution in [0.1, 0.15) is 37.4 Å². The van der Waals surface area contributed by atoms with Crippen molar-refractivity contribution in [3.63, 3.8) is 0 Å². The van der Waals surface area contributed by atoms with E-state index in [9.17, 15) is 4.79 Å². The third-order valence-electron chi connectivity index (χ3n) is 3.63. The number of hydrogen-bond acceptors (Lipinski definition) is 2. The number of rotatable bonds is 6. The van der Waals surface area contributed by atoms with Gasteiger partial charge in [0.05, 0.1) is 6.04 Å². The van der Waals surface area contributed by atoms with Crippen LogP contribution in [0, 0.1) is 6.92 Å². The molecule has 0 saturated carbocycles. The maximum atomic E-state index is 12.3. The molecule has 0 fully saturated rings. The quantitative estimate of drug-likeness (QED) is 0.874. The molecule has 2 atom stereocenters. The molecule has 1 N–H and O–H groups in total. The summed E-state index contributed by atoms with van der Waals surface area (Å²) in [5.74, 6) is 0.609. The highest BCUT2D eigenvalue weighted by Gasteiger charge is 2.19. The summed E-state index contributed by atoms with van der Waals surface area (Å²) in [4.78, 5) is 12.3. The van der Waals surface area contributed by atoms with Crippen LogP contribution in [0.25, 0.3) is 0 Å². The molecule has 116 valence electrons. The minimum absolute atomic E-state index is 0.0118. The highest BCUT2D eigenvalue weighted by molar-refractivity contribution is 5.81. The number of aryl methyl sites for hydroxylation is 1. The van der Waals surface area contributed by atoms with Crippen molar-refractivity contribution in [3.8, 4) is 5.75 Å². The number of nitrogens with one attached hydrogen (secondary N) is 1. The van der Waals surface area contributed by atoms with Crippen molar-refractivity contribution in [1.29, 1.82) is 0 Å². The Morgan fingerprint density at radius 1 is 1.09 bits per heavy atom. The average molecular weight is 297 g/mol. The number of ether oxygens (including phenoxy) is 1.